The molecule has 6 heteroatoms. The van der Waals surface area contributed by atoms with E-state index in [1.165, 1.54) is 10.4 Å². The van der Waals surface area contributed by atoms with Gasteiger partial charge in [0.15, 0.2) is 0 Å². The number of rotatable bonds is 4. The molecular formula is C14H15BrN2O2S. The highest BCUT2D eigenvalue weighted by molar-refractivity contribution is 9.10. The first kappa shape index (κ1) is 14.9. The maximum Gasteiger partial charge on any atom is 0.266 e. The topological polar surface area (TPSA) is 63.4 Å². The van der Waals surface area contributed by atoms with Crippen molar-refractivity contribution in [3.05, 3.63) is 53.0 Å². The quantitative estimate of drug-likeness (QED) is 0.857. The molecule has 0 fully saturated rings. The molecule has 0 aliphatic rings. The summed E-state index contributed by atoms with van der Waals surface area (Å²) in [6, 6.07) is 13.8. The van der Waals surface area contributed by atoms with E-state index in [4.69, 9.17) is 5.73 Å². The van der Waals surface area contributed by atoms with Crippen molar-refractivity contribution in [3.8, 4) is 0 Å². The summed E-state index contributed by atoms with van der Waals surface area (Å²) in [5.74, 6) is 0. The van der Waals surface area contributed by atoms with Gasteiger partial charge in [0.2, 0.25) is 0 Å². The van der Waals surface area contributed by atoms with E-state index in [-0.39, 0.29) is 10.6 Å². The minimum Gasteiger partial charge on any atom is -0.398 e. The lowest BCUT2D eigenvalue weighted by Gasteiger charge is -2.23. The number of hydrogen-bond donors (Lipinski definition) is 1. The Labute approximate surface area is 127 Å². The molecule has 0 aliphatic carbocycles. The van der Waals surface area contributed by atoms with Crippen LogP contribution < -0.4 is 10.0 Å². The van der Waals surface area contributed by atoms with Gasteiger partial charge in [-0.3, -0.25) is 4.31 Å². The zero-order valence-electron chi connectivity index (χ0n) is 11.0. The Morgan fingerprint density at radius 1 is 1.15 bits per heavy atom. The van der Waals surface area contributed by atoms with Gasteiger partial charge >= 0.3 is 0 Å². The molecule has 0 radical (unpaired) electrons. The Bertz CT molecular complexity index is 702. The molecule has 0 saturated carbocycles. The van der Waals surface area contributed by atoms with Crippen LogP contribution in [-0.4, -0.2) is 15.0 Å². The number of nitrogens with zero attached hydrogens (tertiary/aromatic N) is 1. The van der Waals surface area contributed by atoms with Crippen LogP contribution in [0.3, 0.4) is 0 Å². The number of para-hydroxylation sites is 1. The minimum absolute atomic E-state index is 0.109. The van der Waals surface area contributed by atoms with Crippen LogP contribution in [0.2, 0.25) is 0 Å². The summed E-state index contributed by atoms with van der Waals surface area (Å²) in [4.78, 5) is 0.109. The molecule has 0 aromatic heterocycles. The lowest BCUT2D eigenvalue weighted by molar-refractivity contribution is 0.592. The molecule has 0 spiro atoms. The summed E-state index contributed by atoms with van der Waals surface area (Å²) in [6.07, 6.45) is 0. The number of halogens is 1. The zero-order valence-corrected chi connectivity index (χ0v) is 13.4. The molecule has 2 rings (SSSR count). The SMILES string of the molecule is CCN(c1ccccc1)S(=O)(=O)c1cc(Br)ccc1N. The number of benzene rings is 2. The fraction of sp³-hybridized carbons (Fsp3) is 0.143. The molecule has 0 amide bonds. The maximum absolute atomic E-state index is 12.8. The molecule has 2 aromatic rings. The van der Waals surface area contributed by atoms with Gasteiger partial charge in [0, 0.05) is 11.0 Å². The van der Waals surface area contributed by atoms with Gasteiger partial charge in [-0.05, 0) is 37.3 Å². The Morgan fingerprint density at radius 3 is 2.40 bits per heavy atom. The third-order valence-electron chi connectivity index (χ3n) is 2.88. The first-order valence-electron chi connectivity index (χ1n) is 6.09. The molecule has 2 aromatic carbocycles. The van der Waals surface area contributed by atoms with Crippen molar-refractivity contribution < 1.29 is 8.42 Å². The fourth-order valence-corrected chi connectivity index (χ4v) is 4.07. The van der Waals surface area contributed by atoms with Crippen LogP contribution in [0.4, 0.5) is 11.4 Å². The van der Waals surface area contributed by atoms with Crippen molar-refractivity contribution in [2.75, 3.05) is 16.6 Å². The molecule has 0 atom stereocenters. The number of hydrogen-bond acceptors (Lipinski definition) is 3. The van der Waals surface area contributed by atoms with Crippen molar-refractivity contribution in [2.45, 2.75) is 11.8 Å². The predicted octanol–water partition coefficient (Wildman–Crippen LogP) is 3.25. The normalized spacial score (nSPS) is 11.3. The Hall–Kier alpha value is -1.53. The highest BCUT2D eigenvalue weighted by Gasteiger charge is 2.25. The van der Waals surface area contributed by atoms with Gasteiger partial charge in [-0.25, -0.2) is 8.42 Å². The number of nitrogens with two attached hydrogens (primary N) is 1. The third kappa shape index (κ3) is 2.81. The maximum atomic E-state index is 12.8. The van der Waals surface area contributed by atoms with Crippen molar-refractivity contribution in [3.63, 3.8) is 0 Å². The molecule has 4 nitrogen and oxygen atoms in total. The van der Waals surface area contributed by atoms with E-state index in [2.05, 4.69) is 15.9 Å². The third-order valence-corrected chi connectivity index (χ3v) is 5.33. The molecule has 0 unspecified atom stereocenters. The van der Waals surface area contributed by atoms with Gasteiger partial charge in [0.25, 0.3) is 10.0 Å². The van der Waals surface area contributed by atoms with E-state index in [0.717, 1.165) is 0 Å². The Balaban J connectivity index is 2.56. The molecule has 0 saturated heterocycles. The minimum atomic E-state index is -3.68. The fourth-order valence-electron chi connectivity index (χ4n) is 1.94. The van der Waals surface area contributed by atoms with Gasteiger partial charge in [-0.1, -0.05) is 34.1 Å². The molecule has 106 valence electrons. The highest BCUT2D eigenvalue weighted by atomic mass is 79.9. The summed E-state index contributed by atoms with van der Waals surface area (Å²) in [5, 5.41) is 0. The molecule has 0 heterocycles. The number of anilines is 2. The summed E-state index contributed by atoms with van der Waals surface area (Å²) in [7, 11) is -3.68. The molecule has 20 heavy (non-hydrogen) atoms. The van der Waals surface area contributed by atoms with Crippen LogP contribution in [0.5, 0.6) is 0 Å². The molecule has 0 aliphatic heterocycles. The second-order valence-electron chi connectivity index (χ2n) is 4.19. The monoisotopic (exact) mass is 354 g/mol. The average molecular weight is 355 g/mol. The van der Waals surface area contributed by atoms with E-state index in [1.807, 2.05) is 6.07 Å². The van der Waals surface area contributed by atoms with E-state index in [1.54, 1.807) is 43.3 Å². The second kappa shape index (κ2) is 5.85. The van der Waals surface area contributed by atoms with Gasteiger partial charge in [0.1, 0.15) is 4.90 Å². The largest absolute Gasteiger partial charge is 0.398 e. The molecule has 0 bridgehead atoms. The van der Waals surface area contributed by atoms with E-state index in [9.17, 15) is 8.42 Å². The van der Waals surface area contributed by atoms with Gasteiger partial charge in [-0.15, -0.1) is 0 Å². The van der Waals surface area contributed by atoms with Crippen LogP contribution in [-0.2, 0) is 10.0 Å². The van der Waals surface area contributed by atoms with Gasteiger partial charge < -0.3 is 5.73 Å². The van der Waals surface area contributed by atoms with Crippen LogP contribution in [0.1, 0.15) is 6.92 Å². The highest BCUT2D eigenvalue weighted by Crippen LogP contribution is 2.29. The summed E-state index contributed by atoms with van der Waals surface area (Å²) >= 11 is 3.28. The van der Waals surface area contributed by atoms with Crippen LogP contribution >= 0.6 is 15.9 Å². The van der Waals surface area contributed by atoms with Crippen LogP contribution in [0.15, 0.2) is 57.9 Å². The lowest BCUT2D eigenvalue weighted by Crippen LogP contribution is -2.31. The van der Waals surface area contributed by atoms with Crippen LogP contribution in [0.25, 0.3) is 0 Å². The van der Waals surface area contributed by atoms with E-state index < -0.39 is 10.0 Å². The first-order chi connectivity index (χ1) is 9.46. The number of sulfonamides is 1. The van der Waals surface area contributed by atoms with Crippen molar-refractivity contribution in [1.82, 2.24) is 0 Å². The summed E-state index contributed by atoms with van der Waals surface area (Å²) in [6.45, 7) is 2.12. The Kier molecular flexibility index (Phi) is 4.35. The van der Waals surface area contributed by atoms with E-state index in [0.29, 0.717) is 16.7 Å². The van der Waals surface area contributed by atoms with Gasteiger partial charge in [0.05, 0.1) is 11.4 Å². The average Bonchev–Trinajstić information content (AvgIpc) is 2.43. The van der Waals surface area contributed by atoms with E-state index >= 15 is 0 Å². The van der Waals surface area contributed by atoms with Gasteiger partial charge in [-0.2, -0.15) is 0 Å². The smallest absolute Gasteiger partial charge is 0.266 e. The summed E-state index contributed by atoms with van der Waals surface area (Å²) in [5.41, 5.74) is 6.68. The zero-order chi connectivity index (χ0) is 14.8. The second-order valence-corrected chi connectivity index (χ2v) is 6.93. The Morgan fingerprint density at radius 2 is 1.80 bits per heavy atom. The number of nitrogen functional groups attached to an aromatic ring is 1. The first-order valence-corrected chi connectivity index (χ1v) is 8.33. The predicted molar refractivity (Wildman–Crippen MR) is 85.2 cm³/mol. The van der Waals surface area contributed by atoms with Crippen molar-refractivity contribution >= 4 is 37.3 Å². The lowest BCUT2D eigenvalue weighted by atomic mass is 10.3. The molecule has 2 N–H and O–H groups in total. The standard InChI is InChI=1S/C14H15BrN2O2S/c1-2-17(12-6-4-3-5-7-12)20(18,19)14-10-11(15)8-9-13(14)16/h3-10H,2,16H2,1H3. The van der Waals surface area contributed by atoms with Crippen LogP contribution in [0, 0.1) is 0 Å². The summed E-state index contributed by atoms with van der Waals surface area (Å²) < 4.78 is 27.5. The van der Waals surface area contributed by atoms with Crippen molar-refractivity contribution in [1.29, 1.82) is 0 Å². The molecular weight excluding hydrogens is 340 g/mol. The van der Waals surface area contributed by atoms with Crippen molar-refractivity contribution in [2.24, 2.45) is 0 Å².